The third-order valence-corrected chi connectivity index (χ3v) is 3.49. The number of aromatic nitrogens is 2. The molecule has 0 aliphatic heterocycles. The Bertz CT molecular complexity index is 371. The molecule has 0 unspecified atom stereocenters. The summed E-state index contributed by atoms with van der Waals surface area (Å²) in [7, 11) is 0. The molecular formula is C7H6ClN3S2. The normalized spacial score (nSPS) is 10.2. The van der Waals surface area contributed by atoms with Gasteiger partial charge in [-0.1, -0.05) is 22.9 Å². The molecule has 13 heavy (non-hydrogen) atoms. The summed E-state index contributed by atoms with van der Waals surface area (Å²) in [6.45, 7) is 0.714. The van der Waals surface area contributed by atoms with Crippen LogP contribution in [0.15, 0.2) is 17.0 Å². The molecule has 2 rings (SSSR count). The van der Waals surface area contributed by atoms with E-state index >= 15 is 0 Å². The molecule has 0 atom stereocenters. The zero-order valence-corrected chi connectivity index (χ0v) is 8.92. The molecule has 0 fully saturated rings. The minimum atomic E-state index is 0.714. The monoisotopic (exact) mass is 231 g/mol. The van der Waals surface area contributed by atoms with Crippen LogP contribution < -0.4 is 5.32 Å². The molecule has 0 aromatic carbocycles. The van der Waals surface area contributed by atoms with Crippen LogP contribution in [-0.2, 0) is 6.54 Å². The van der Waals surface area contributed by atoms with Crippen molar-refractivity contribution < 1.29 is 0 Å². The second kappa shape index (κ2) is 4.04. The van der Waals surface area contributed by atoms with E-state index in [-0.39, 0.29) is 0 Å². The van der Waals surface area contributed by atoms with Gasteiger partial charge in [0, 0.05) is 4.88 Å². The molecule has 0 spiro atoms. The lowest BCUT2D eigenvalue weighted by Crippen LogP contribution is -1.96. The lowest BCUT2D eigenvalue weighted by molar-refractivity contribution is 1.06. The molecular weight excluding hydrogens is 226 g/mol. The van der Waals surface area contributed by atoms with Gasteiger partial charge in [0.1, 0.15) is 5.51 Å². The summed E-state index contributed by atoms with van der Waals surface area (Å²) in [5.74, 6) is 0. The van der Waals surface area contributed by atoms with Crippen LogP contribution in [-0.4, -0.2) is 10.2 Å². The van der Waals surface area contributed by atoms with Crippen LogP contribution in [0.1, 0.15) is 4.88 Å². The molecule has 3 nitrogen and oxygen atoms in total. The summed E-state index contributed by atoms with van der Waals surface area (Å²) < 4.78 is 0. The summed E-state index contributed by atoms with van der Waals surface area (Å²) in [5, 5.41) is 14.3. The first kappa shape index (κ1) is 8.93. The number of nitrogens with one attached hydrogen (secondary N) is 1. The lowest BCUT2D eigenvalue weighted by Gasteiger charge is -1.98. The van der Waals surface area contributed by atoms with Crippen LogP contribution >= 0.6 is 34.3 Å². The Labute approximate surface area is 88.4 Å². The van der Waals surface area contributed by atoms with E-state index in [2.05, 4.69) is 15.5 Å². The molecule has 0 bridgehead atoms. The van der Waals surface area contributed by atoms with Crippen molar-refractivity contribution in [3.05, 3.63) is 26.9 Å². The van der Waals surface area contributed by atoms with E-state index in [1.54, 1.807) is 16.8 Å². The maximum absolute atomic E-state index is 5.92. The fourth-order valence-corrected chi connectivity index (χ4v) is 2.34. The van der Waals surface area contributed by atoms with Gasteiger partial charge in [-0.2, -0.15) is 0 Å². The Morgan fingerprint density at radius 1 is 1.46 bits per heavy atom. The number of hydrogen-bond acceptors (Lipinski definition) is 5. The molecule has 2 aromatic rings. The number of nitrogens with zero attached hydrogens (tertiary/aromatic N) is 2. The molecule has 2 aromatic heterocycles. The maximum Gasteiger partial charge on any atom is 0.205 e. The van der Waals surface area contributed by atoms with Gasteiger partial charge in [0.2, 0.25) is 5.13 Å². The first-order valence-corrected chi connectivity index (χ1v) is 5.72. The van der Waals surface area contributed by atoms with Crippen LogP contribution in [0.25, 0.3) is 0 Å². The van der Waals surface area contributed by atoms with Gasteiger partial charge < -0.3 is 5.32 Å². The van der Waals surface area contributed by atoms with Crippen molar-refractivity contribution in [2.45, 2.75) is 6.54 Å². The van der Waals surface area contributed by atoms with Gasteiger partial charge in [-0.25, -0.2) is 0 Å². The Morgan fingerprint density at radius 3 is 3.00 bits per heavy atom. The van der Waals surface area contributed by atoms with Crippen LogP contribution in [0.3, 0.4) is 0 Å². The summed E-state index contributed by atoms with van der Waals surface area (Å²) in [6, 6.07) is 1.89. The minimum absolute atomic E-state index is 0.714. The summed E-state index contributed by atoms with van der Waals surface area (Å²) in [4.78, 5) is 1.12. The van der Waals surface area contributed by atoms with Crippen LogP contribution in [0, 0.1) is 0 Å². The number of halogens is 1. The molecule has 2 heterocycles. The number of hydrogen-bond donors (Lipinski definition) is 1. The first-order valence-electron chi connectivity index (χ1n) is 3.58. The maximum atomic E-state index is 5.92. The second-order valence-electron chi connectivity index (χ2n) is 2.29. The van der Waals surface area contributed by atoms with E-state index in [9.17, 15) is 0 Å². The quantitative estimate of drug-likeness (QED) is 0.883. The van der Waals surface area contributed by atoms with Crippen molar-refractivity contribution in [1.29, 1.82) is 0 Å². The topological polar surface area (TPSA) is 37.8 Å². The zero-order chi connectivity index (χ0) is 9.10. The smallest absolute Gasteiger partial charge is 0.205 e. The average molecular weight is 232 g/mol. The summed E-state index contributed by atoms with van der Waals surface area (Å²) in [6.07, 6.45) is 0. The third kappa shape index (κ3) is 2.18. The van der Waals surface area contributed by atoms with Gasteiger partial charge >= 0.3 is 0 Å². The van der Waals surface area contributed by atoms with Crippen molar-refractivity contribution in [3.63, 3.8) is 0 Å². The van der Waals surface area contributed by atoms with Gasteiger partial charge in [0.05, 0.1) is 11.6 Å². The predicted octanol–water partition coefficient (Wildman–Crippen LogP) is 2.87. The average Bonchev–Trinajstić information content (AvgIpc) is 2.72. The highest BCUT2D eigenvalue weighted by molar-refractivity contribution is 7.13. The molecule has 0 radical (unpaired) electrons. The third-order valence-electron chi connectivity index (χ3n) is 1.45. The van der Waals surface area contributed by atoms with E-state index < -0.39 is 0 Å². The lowest BCUT2D eigenvalue weighted by atomic mass is 10.5. The Kier molecular flexibility index (Phi) is 2.77. The van der Waals surface area contributed by atoms with Gasteiger partial charge in [-0.3, -0.25) is 0 Å². The van der Waals surface area contributed by atoms with E-state index in [1.807, 2.05) is 11.4 Å². The molecule has 68 valence electrons. The minimum Gasteiger partial charge on any atom is -0.355 e. The Hall–Kier alpha value is -0.650. The largest absolute Gasteiger partial charge is 0.355 e. The van der Waals surface area contributed by atoms with E-state index in [0.29, 0.717) is 6.54 Å². The van der Waals surface area contributed by atoms with Crippen LogP contribution in [0.5, 0.6) is 0 Å². The van der Waals surface area contributed by atoms with E-state index in [0.717, 1.165) is 15.0 Å². The Balaban J connectivity index is 1.97. The molecule has 0 aliphatic rings. The first-order chi connectivity index (χ1) is 6.36. The van der Waals surface area contributed by atoms with Crippen molar-refractivity contribution in [3.8, 4) is 0 Å². The van der Waals surface area contributed by atoms with Crippen molar-refractivity contribution in [2.24, 2.45) is 0 Å². The summed E-state index contributed by atoms with van der Waals surface area (Å²) in [5.41, 5.74) is 1.69. The highest BCUT2D eigenvalue weighted by atomic mass is 35.5. The van der Waals surface area contributed by atoms with Gasteiger partial charge in [-0.15, -0.1) is 21.5 Å². The van der Waals surface area contributed by atoms with Crippen LogP contribution in [0.4, 0.5) is 5.13 Å². The second-order valence-corrected chi connectivity index (χ2v) is 4.53. The highest BCUT2D eigenvalue weighted by Crippen LogP contribution is 2.23. The standard InChI is InChI=1S/C7H6ClN3S2/c8-5-1-2-12-6(5)3-9-7-11-10-4-13-7/h1-2,4H,3H2,(H,9,11). The zero-order valence-electron chi connectivity index (χ0n) is 6.53. The molecule has 0 aliphatic carbocycles. The molecule has 0 amide bonds. The Morgan fingerprint density at radius 2 is 2.38 bits per heavy atom. The molecule has 0 saturated carbocycles. The van der Waals surface area contributed by atoms with Crippen LogP contribution in [0.2, 0.25) is 5.02 Å². The van der Waals surface area contributed by atoms with Crippen molar-refractivity contribution in [1.82, 2.24) is 10.2 Å². The van der Waals surface area contributed by atoms with Gasteiger partial charge in [0.15, 0.2) is 0 Å². The molecule has 1 N–H and O–H groups in total. The number of rotatable bonds is 3. The highest BCUT2D eigenvalue weighted by Gasteiger charge is 2.01. The summed E-state index contributed by atoms with van der Waals surface area (Å²) >= 11 is 9.03. The van der Waals surface area contributed by atoms with Crippen molar-refractivity contribution in [2.75, 3.05) is 5.32 Å². The SMILES string of the molecule is Clc1ccsc1CNc1nncs1. The number of anilines is 1. The van der Waals surface area contributed by atoms with Gasteiger partial charge in [-0.05, 0) is 11.4 Å². The number of thiophene rings is 1. The van der Waals surface area contributed by atoms with Gasteiger partial charge in [0.25, 0.3) is 0 Å². The van der Waals surface area contributed by atoms with Crippen molar-refractivity contribution >= 4 is 39.4 Å². The van der Waals surface area contributed by atoms with E-state index in [4.69, 9.17) is 11.6 Å². The molecule has 6 heteroatoms. The van der Waals surface area contributed by atoms with E-state index in [1.165, 1.54) is 11.3 Å². The predicted molar refractivity (Wildman–Crippen MR) is 56.6 cm³/mol. The fraction of sp³-hybridized carbons (Fsp3) is 0.143. The molecule has 0 saturated heterocycles. The fourth-order valence-electron chi connectivity index (χ4n) is 0.857.